The Balaban J connectivity index is 2.32. The molecule has 1 aromatic heterocycles. The molecule has 1 fully saturated rings. The maximum Gasteiger partial charge on any atom is 0.328 e. The first-order valence-corrected chi connectivity index (χ1v) is 5.55. The summed E-state index contributed by atoms with van der Waals surface area (Å²) >= 11 is 0. The van der Waals surface area contributed by atoms with Gasteiger partial charge in [-0.3, -0.25) is 20.2 Å². The Bertz CT molecular complexity index is 584. The molecule has 0 aliphatic carbocycles. The van der Waals surface area contributed by atoms with Gasteiger partial charge in [0.1, 0.15) is 5.76 Å². The van der Waals surface area contributed by atoms with Crippen molar-refractivity contribution in [1.82, 2.24) is 15.6 Å². The fraction of sp³-hybridized carbons (Fsp3) is 0.273. The van der Waals surface area contributed by atoms with Gasteiger partial charge in [-0.15, -0.1) is 0 Å². The molecule has 1 aliphatic rings. The number of rotatable bonds is 3. The summed E-state index contributed by atoms with van der Waals surface area (Å²) in [6.07, 6.45) is 1.34. The minimum atomic E-state index is -2.59. The number of carbonyl (C=O) groups excluding carboxylic acids is 3. The maximum atomic E-state index is 11.7. The number of aliphatic hydroxyl groups is 1. The van der Waals surface area contributed by atoms with Gasteiger partial charge in [0.05, 0.1) is 6.21 Å². The number of hydrogen-bond acceptors (Lipinski definition) is 7. The summed E-state index contributed by atoms with van der Waals surface area (Å²) in [5.74, 6) is -2.41. The monoisotopic (exact) mass is 280 g/mol. The molecule has 9 heteroatoms. The van der Waals surface area contributed by atoms with Crippen molar-refractivity contribution in [3.63, 3.8) is 0 Å². The van der Waals surface area contributed by atoms with Crippen LogP contribution in [-0.4, -0.2) is 48.3 Å². The number of imide groups is 2. The van der Waals surface area contributed by atoms with Crippen LogP contribution >= 0.6 is 0 Å². The number of hydrazone groups is 1. The number of furan rings is 1. The minimum absolute atomic E-state index is 0.236. The Kier molecular flexibility index (Phi) is 3.28. The Morgan fingerprint density at radius 1 is 1.25 bits per heavy atom. The molecular formula is C11H12N4O5. The van der Waals surface area contributed by atoms with Crippen molar-refractivity contribution in [2.75, 3.05) is 14.1 Å². The molecule has 0 radical (unpaired) electrons. The van der Waals surface area contributed by atoms with E-state index >= 15 is 0 Å². The highest BCUT2D eigenvalue weighted by Gasteiger charge is 2.53. The number of nitrogens with one attached hydrogen (secondary N) is 2. The Morgan fingerprint density at radius 3 is 2.40 bits per heavy atom. The lowest BCUT2D eigenvalue weighted by Crippen LogP contribution is -2.64. The molecule has 1 aromatic rings. The van der Waals surface area contributed by atoms with E-state index < -0.39 is 23.4 Å². The zero-order valence-electron chi connectivity index (χ0n) is 10.7. The molecule has 4 amide bonds. The molecule has 20 heavy (non-hydrogen) atoms. The summed E-state index contributed by atoms with van der Waals surface area (Å²) in [6, 6.07) is 1.69. The zero-order valence-corrected chi connectivity index (χ0v) is 10.7. The molecule has 1 saturated heterocycles. The minimum Gasteiger partial charge on any atom is -0.456 e. The van der Waals surface area contributed by atoms with Crippen molar-refractivity contribution in [2.24, 2.45) is 5.10 Å². The van der Waals surface area contributed by atoms with Gasteiger partial charge in [-0.05, 0) is 12.1 Å². The van der Waals surface area contributed by atoms with Crippen LogP contribution in [0.3, 0.4) is 0 Å². The first kappa shape index (κ1) is 13.7. The maximum absolute atomic E-state index is 11.7. The van der Waals surface area contributed by atoms with Gasteiger partial charge in [-0.1, -0.05) is 0 Å². The molecule has 3 N–H and O–H groups in total. The Morgan fingerprint density at radius 2 is 1.85 bits per heavy atom. The highest BCUT2D eigenvalue weighted by atomic mass is 16.4. The lowest BCUT2D eigenvalue weighted by molar-refractivity contribution is -0.157. The van der Waals surface area contributed by atoms with Crippen molar-refractivity contribution in [3.05, 3.63) is 23.7 Å². The van der Waals surface area contributed by atoms with Crippen LogP contribution in [0, 0.1) is 0 Å². The van der Waals surface area contributed by atoms with E-state index in [9.17, 15) is 19.5 Å². The van der Waals surface area contributed by atoms with E-state index in [-0.39, 0.29) is 11.5 Å². The molecule has 0 aromatic carbocycles. The topological polar surface area (TPSA) is 124 Å². The SMILES string of the molecule is CN(C)/N=C/c1ccc(C2(O)C(=O)NC(=O)NC2=O)o1. The number of carbonyl (C=O) groups is 3. The number of hydrogen-bond donors (Lipinski definition) is 3. The first-order chi connectivity index (χ1) is 9.34. The number of amides is 4. The molecule has 0 saturated carbocycles. The van der Waals surface area contributed by atoms with Crippen LogP contribution in [0.15, 0.2) is 21.7 Å². The summed E-state index contributed by atoms with van der Waals surface area (Å²) in [5.41, 5.74) is -2.59. The number of nitrogens with zero attached hydrogens (tertiary/aromatic N) is 2. The standard InChI is InChI=1S/C11H12N4O5/c1-15(2)12-5-6-3-4-7(20-6)11(19)8(16)13-10(18)14-9(11)17/h3-5,19H,1-2H3,(H2,13,14,16,17,18)/b12-5+. The van der Waals surface area contributed by atoms with Crippen LogP contribution in [-0.2, 0) is 15.2 Å². The fourth-order valence-corrected chi connectivity index (χ4v) is 1.53. The van der Waals surface area contributed by atoms with Gasteiger partial charge >= 0.3 is 6.03 Å². The third-order valence-corrected chi connectivity index (χ3v) is 2.51. The largest absolute Gasteiger partial charge is 0.456 e. The second kappa shape index (κ2) is 4.78. The molecular weight excluding hydrogens is 268 g/mol. The molecule has 0 bridgehead atoms. The van der Waals surface area contributed by atoms with E-state index in [0.717, 1.165) is 0 Å². The van der Waals surface area contributed by atoms with Gasteiger partial charge in [0, 0.05) is 14.1 Å². The molecule has 0 atom stereocenters. The van der Waals surface area contributed by atoms with Crippen molar-refractivity contribution in [1.29, 1.82) is 0 Å². The van der Waals surface area contributed by atoms with Crippen LogP contribution in [0.1, 0.15) is 11.5 Å². The van der Waals surface area contributed by atoms with Crippen molar-refractivity contribution < 1.29 is 23.9 Å². The van der Waals surface area contributed by atoms with E-state index in [4.69, 9.17) is 4.42 Å². The first-order valence-electron chi connectivity index (χ1n) is 5.55. The van der Waals surface area contributed by atoms with Crippen LogP contribution in [0.4, 0.5) is 4.79 Å². The van der Waals surface area contributed by atoms with Crippen LogP contribution in [0.5, 0.6) is 0 Å². The molecule has 0 unspecified atom stereocenters. The number of urea groups is 1. The van der Waals surface area contributed by atoms with Crippen molar-refractivity contribution in [2.45, 2.75) is 5.60 Å². The van der Waals surface area contributed by atoms with Gasteiger partial charge in [0.15, 0.2) is 5.76 Å². The summed E-state index contributed by atoms with van der Waals surface area (Å²) < 4.78 is 5.19. The van der Waals surface area contributed by atoms with E-state index in [2.05, 4.69) is 5.10 Å². The highest BCUT2D eigenvalue weighted by Crippen LogP contribution is 2.25. The quantitative estimate of drug-likeness (QED) is 0.360. The van der Waals surface area contributed by atoms with E-state index in [1.807, 2.05) is 0 Å². The second-order valence-electron chi connectivity index (χ2n) is 4.24. The Hall–Kier alpha value is -2.68. The average molecular weight is 280 g/mol. The smallest absolute Gasteiger partial charge is 0.328 e. The Labute approximate surface area is 113 Å². The average Bonchev–Trinajstić information content (AvgIpc) is 2.82. The van der Waals surface area contributed by atoms with Crippen LogP contribution in [0.2, 0.25) is 0 Å². The normalized spacial score (nSPS) is 18.1. The summed E-state index contributed by atoms with van der Waals surface area (Å²) in [7, 11) is 3.39. The van der Waals surface area contributed by atoms with E-state index in [1.165, 1.54) is 23.4 Å². The molecule has 2 rings (SSSR count). The van der Waals surface area contributed by atoms with Crippen molar-refractivity contribution >= 4 is 24.1 Å². The van der Waals surface area contributed by atoms with Gasteiger partial charge < -0.3 is 14.5 Å². The predicted octanol–water partition coefficient (Wildman–Crippen LogP) is -1.27. The van der Waals surface area contributed by atoms with Gasteiger partial charge in [-0.25, -0.2) is 4.79 Å². The third kappa shape index (κ3) is 2.26. The molecule has 1 aliphatic heterocycles. The van der Waals surface area contributed by atoms with Crippen molar-refractivity contribution in [3.8, 4) is 0 Å². The molecule has 0 spiro atoms. The van der Waals surface area contributed by atoms with E-state index in [0.29, 0.717) is 0 Å². The highest BCUT2D eigenvalue weighted by molar-refractivity contribution is 6.21. The lowest BCUT2D eigenvalue weighted by atomic mass is 9.97. The summed E-state index contributed by atoms with van der Waals surface area (Å²) in [5, 5.41) is 19.2. The molecule has 2 heterocycles. The van der Waals surface area contributed by atoms with Gasteiger partial charge in [0.2, 0.25) is 0 Å². The number of barbiturate groups is 1. The predicted molar refractivity (Wildman–Crippen MR) is 65.6 cm³/mol. The second-order valence-corrected chi connectivity index (χ2v) is 4.24. The zero-order chi connectivity index (χ0) is 14.9. The summed E-state index contributed by atoms with van der Waals surface area (Å²) in [4.78, 5) is 34.3. The van der Waals surface area contributed by atoms with E-state index in [1.54, 1.807) is 24.7 Å². The molecule has 106 valence electrons. The lowest BCUT2D eigenvalue weighted by Gasteiger charge is -2.26. The van der Waals surface area contributed by atoms with Gasteiger partial charge in [0.25, 0.3) is 17.4 Å². The van der Waals surface area contributed by atoms with Crippen LogP contribution < -0.4 is 10.6 Å². The van der Waals surface area contributed by atoms with Crippen LogP contribution in [0.25, 0.3) is 0 Å². The summed E-state index contributed by atoms with van der Waals surface area (Å²) in [6.45, 7) is 0. The fourth-order valence-electron chi connectivity index (χ4n) is 1.53. The third-order valence-electron chi connectivity index (χ3n) is 2.51. The van der Waals surface area contributed by atoms with Gasteiger partial charge in [-0.2, -0.15) is 5.10 Å². The molecule has 9 nitrogen and oxygen atoms in total.